The van der Waals surface area contributed by atoms with Gasteiger partial charge in [-0.15, -0.1) is 0 Å². The lowest BCUT2D eigenvalue weighted by Crippen LogP contribution is -2.14. The number of aromatic nitrogens is 2. The van der Waals surface area contributed by atoms with Gasteiger partial charge in [-0.05, 0) is 18.9 Å². The predicted octanol–water partition coefficient (Wildman–Crippen LogP) is 0.871. The first-order valence-electron chi connectivity index (χ1n) is 5.98. The second kappa shape index (κ2) is 4.15. The fourth-order valence-electron chi connectivity index (χ4n) is 2.43. The summed E-state index contributed by atoms with van der Waals surface area (Å²) in [7, 11) is 0. The molecule has 1 aliphatic rings. The van der Waals surface area contributed by atoms with Crippen molar-refractivity contribution in [3.63, 3.8) is 0 Å². The Kier molecular flexibility index (Phi) is 2.61. The summed E-state index contributed by atoms with van der Waals surface area (Å²) in [5.74, 6) is 0.400. The molecular weight excluding hydrogens is 232 g/mol. The lowest BCUT2D eigenvalue weighted by molar-refractivity contribution is -0.0204. The zero-order valence-electron chi connectivity index (χ0n) is 9.91. The van der Waals surface area contributed by atoms with E-state index in [0.29, 0.717) is 11.5 Å². The van der Waals surface area contributed by atoms with E-state index in [2.05, 4.69) is 4.98 Å². The minimum absolute atomic E-state index is 0.0490. The van der Waals surface area contributed by atoms with Crippen molar-refractivity contribution in [2.45, 2.75) is 25.2 Å². The molecule has 0 aromatic carbocycles. The molecule has 96 valence electrons. The van der Waals surface area contributed by atoms with Crippen LogP contribution in [0.15, 0.2) is 18.3 Å². The van der Waals surface area contributed by atoms with Crippen molar-refractivity contribution in [3.05, 3.63) is 18.3 Å². The first kappa shape index (κ1) is 11.3. The van der Waals surface area contributed by atoms with E-state index in [1.807, 2.05) is 16.8 Å². The number of aliphatic hydroxyl groups excluding tert-OH is 1. The molecule has 0 bridgehead atoms. The number of nitrogens with zero attached hydrogens (tertiary/aromatic N) is 2. The fourth-order valence-corrected chi connectivity index (χ4v) is 2.43. The van der Waals surface area contributed by atoms with Crippen molar-refractivity contribution in [2.75, 3.05) is 18.1 Å². The van der Waals surface area contributed by atoms with Crippen LogP contribution < -0.4 is 11.5 Å². The van der Waals surface area contributed by atoms with Crippen LogP contribution in [-0.4, -0.2) is 27.4 Å². The van der Waals surface area contributed by atoms with Crippen LogP contribution in [0.5, 0.6) is 0 Å². The minimum atomic E-state index is -0.103. The fraction of sp³-hybridized carbons (Fsp3) is 0.417. The Hall–Kier alpha value is -1.79. The van der Waals surface area contributed by atoms with Gasteiger partial charge in [0.15, 0.2) is 0 Å². The molecule has 3 heterocycles. The van der Waals surface area contributed by atoms with Gasteiger partial charge in [0.2, 0.25) is 0 Å². The summed E-state index contributed by atoms with van der Waals surface area (Å²) in [6.07, 6.45) is 3.40. The summed E-state index contributed by atoms with van der Waals surface area (Å²) >= 11 is 0. The van der Waals surface area contributed by atoms with Gasteiger partial charge in [0.1, 0.15) is 17.7 Å². The molecular formula is C12H16N4O2. The number of rotatable bonds is 2. The molecule has 1 aliphatic heterocycles. The predicted molar refractivity (Wildman–Crippen MR) is 68.8 cm³/mol. The molecule has 0 amide bonds. The smallest absolute Gasteiger partial charge is 0.146 e. The Bertz CT molecular complexity index is 581. The number of hydrogen-bond acceptors (Lipinski definition) is 5. The number of ether oxygens (including phenoxy) is 1. The second-order valence-electron chi connectivity index (χ2n) is 4.57. The van der Waals surface area contributed by atoms with Crippen LogP contribution in [0.1, 0.15) is 19.1 Å². The van der Waals surface area contributed by atoms with E-state index in [0.717, 1.165) is 23.9 Å². The molecule has 18 heavy (non-hydrogen) atoms. The van der Waals surface area contributed by atoms with Crippen molar-refractivity contribution in [2.24, 2.45) is 0 Å². The second-order valence-corrected chi connectivity index (χ2v) is 4.57. The van der Waals surface area contributed by atoms with Gasteiger partial charge >= 0.3 is 0 Å². The number of pyridine rings is 1. The molecule has 1 saturated heterocycles. The topological polar surface area (TPSA) is 99.3 Å². The number of nitrogen functional groups attached to an aromatic ring is 2. The van der Waals surface area contributed by atoms with E-state index >= 15 is 0 Å². The monoisotopic (exact) mass is 248 g/mol. The van der Waals surface area contributed by atoms with E-state index < -0.39 is 0 Å². The molecule has 2 atom stereocenters. The maximum atomic E-state index is 9.09. The van der Waals surface area contributed by atoms with E-state index in [1.54, 1.807) is 6.07 Å². The number of anilines is 2. The SMILES string of the molecule is Nc1cc(N)c2ccn([C@H]3CC[C@@H](CO)O3)c2n1. The third-order valence-corrected chi connectivity index (χ3v) is 3.34. The van der Waals surface area contributed by atoms with Crippen LogP contribution in [0, 0.1) is 0 Å². The Labute approximate surface area is 104 Å². The van der Waals surface area contributed by atoms with E-state index in [4.69, 9.17) is 21.3 Å². The summed E-state index contributed by atoms with van der Waals surface area (Å²) in [5, 5.41) is 9.97. The zero-order chi connectivity index (χ0) is 12.7. The zero-order valence-corrected chi connectivity index (χ0v) is 9.91. The average Bonchev–Trinajstić information content (AvgIpc) is 2.93. The number of aliphatic hydroxyl groups is 1. The molecule has 0 spiro atoms. The van der Waals surface area contributed by atoms with Crippen LogP contribution in [0.2, 0.25) is 0 Å². The van der Waals surface area contributed by atoms with E-state index in [-0.39, 0.29) is 18.9 Å². The summed E-state index contributed by atoms with van der Waals surface area (Å²) < 4.78 is 7.66. The third-order valence-electron chi connectivity index (χ3n) is 3.34. The molecule has 5 N–H and O–H groups in total. The van der Waals surface area contributed by atoms with Crippen LogP contribution >= 0.6 is 0 Å². The van der Waals surface area contributed by atoms with Crippen LogP contribution in [0.4, 0.5) is 11.5 Å². The first-order chi connectivity index (χ1) is 8.69. The molecule has 1 fully saturated rings. The number of nitrogens with two attached hydrogens (primary N) is 2. The Morgan fingerprint density at radius 1 is 1.44 bits per heavy atom. The summed E-state index contributed by atoms with van der Waals surface area (Å²) in [6, 6.07) is 3.56. The van der Waals surface area contributed by atoms with Crippen LogP contribution in [0.25, 0.3) is 11.0 Å². The van der Waals surface area contributed by atoms with Crippen molar-refractivity contribution < 1.29 is 9.84 Å². The third kappa shape index (κ3) is 1.70. The van der Waals surface area contributed by atoms with Gasteiger partial charge in [0, 0.05) is 23.3 Å². The Morgan fingerprint density at radius 2 is 2.28 bits per heavy atom. The van der Waals surface area contributed by atoms with Gasteiger partial charge in [-0.3, -0.25) is 0 Å². The largest absolute Gasteiger partial charge is 0.398 e. The molecule has 0 saturated carbocycles. The lowest BCUT2D eigenvalue weighted by Gasteiger charge is -2.15. The molecule has 6 nitrogen and oxygen atoms in total. The molecule has 6 heteroatoms. The maximum absolute atomic E-state index is 9.09. The highest BCUT2D eigenvalue weighted by Gasteiger charge is 2.27. The van der Waals surface area contributed by atoms with Gasteiger partial charge in [-0.1, -0.05) is 0 Å². The Morgan fingerprint density at radius 3 is 3.00 bits per heavy atom. The Balaban J connectivity index is 2.03. The van der Waals surface area contributed by atoms with E-state index in [1.165, 1.54) is 0 Å². The number of hydrogen-bond donors (Lipinski definition) is 3. The van der Waals surface area contributed by atoms with Crippen molar-refractivity contribution in [1.29, 1.82) is 0 Å². The highest BCUT2D eigenvalue weighted by atomic mass is 16.5. The van der Waals surface area contributed by atoms with Gasteiger partial charge < -0.3 is 25.9 Å². The number of fused-ring (bicyclic) bond motifs is 1. The van der Waals surface area contributed by atoms with Gasteiger partial charge in [0.05, 0.1) is 12.7 Å². The summed E-state index contributed by atoms with van der Waals surface area (Å²) in [5.41, 5.74) is 13.0. The highest BCUT2D eigenvalue weighted by molar-refractivity contribution is 5.90. The average molecular weight is 248 g/mol. The molecule has 3 rings (SSSR count). The molecule has 2 aromatic heterocycles. The van der Waals surface area contributed by atoms with Crippen LogP contribution in [0.3, 0.4) is 0 Å². The van der Waals surface area contributed by atoms with Crippen molar-refractivity contribution in [3.8, 4) is 0 Å². The standard InChI is InChI=1S/C12H16N4O2/c13-9-5-10(14)15-12-8(9)3-4-16(12)11-2-1-7(6-17)18-11/h3-5,7,11,17H,1-2,6H2,(H4,13,14,15)/t7-,11+/m0/s1. The van der Waals surface area contributed by atoms with Crippen molar-refractivity contribution in [1.82, 2.24) is 9.55 Å². The summed E-state index contributed by atoms with van der Waals surface area (Å²) in [4.78, 5) is 4.31. The molecule has 0 aliphatic carbocycles. The van der Waals surface area contributed by atoms with Gasteiger partial charge in [-0.25, -0.2) is 4.98 Å². The molecule has 0 radical (unpaired) electrons. The minimum Gasteiger partial charge on any atom is -0.398 e. The quantitative estimate of drug-likeness (QED) is 0.732. The first-order valence-corrected chi connectivity index (χ1v) is 5.98. The maximum Gasteiger partial charge on any atom is 0.146 e. The van der Waals surface area contributed by atoms with Gasteiger partial charge in [0.25, 0.3) is 0 Å². The van der Waals surface area contributed by atoms with Crippen molar-refractivity contribution >= 4 is 22.5 Å². The van der Waals surface area contributed by atoms with Crippen LogP contribution in [-0.2, 0) is 4.74 Å². The molecule has 0 unspecified atom stereocenters. The highest BCUT2D eigenvalue weighted by Crippen LogP contribution is 2.32. The lowest BCUT2D eigenvalue weighted by atomic mass is 10.2. The normalized spacial score (nSPS) is 23.8. The van der Waals surface area contributed by atoms with Gasteiger partial charge in [-0.2, -0.15) is 0 Å². The van der Waals surface area contributed by atoms with E-state index in [9.17, 15) is 0 Å². The summed E-state index contributed by atoms with van der Waals surface area (Å²) in [6.45, 7) is 0.0490. The molecule has 2 aromatic rings.